The number of fused-ring (bicyclic) bond motifs is 3. The molecule has 0 aliphatic carbocycles. The van der Waals surface area contributed by atoms with E-state index in [2.05, 4.69) is 28.6 Å². The summed E-state index contributed by atoms with van der Waals surface area (Å²) in [5.41, 5.74) is 3.67. The average Bonchev–Trinajstić information content (AvgIpc) is 3.14. The number of thiophene rings is 1. The number of Topliss-reactive ketones (excluding diaryl/α,β-unsaturated/α-hetero) is 1. The van der Waals surface area contributed by atoms with E-state index in [0.717, 1.165) is 33.5 Å². The molecule has 0 N–H and O–H groups in total. The fourth-order valence-electron chi connectivity index (χ4n) is 3.61. The van der Waals surface area contributed by atoms with Crippen LogP contribution in [0.4, 0.5) is 0 Å². The highest BCUT2D eigenvalue weighted by atomic mass is 35.5. The van der Waals surface area contributed by atoms with Gasteiger partial charge in [0.15, 0.2) is 5.82 Å². The summed E-state index contributed by atoms with van der Waals surface area (Å²) in [4.78, 5) is 19.3. The van der Waals surface area contributed by atoms with E-state index >= 15 is 0 Å². The summed E-state index contributed by atoms with van der Waals surface area (Å²) in [6.07, 6.45) is 0.283. The first-order valence-electron chi connectivity index (χ1n) is 9.97. The van der Waals surface area contributed by atoms with Crippen molar-refractivity contribution in [3.63, 3.8) is 0 Å². The zero-order chi connectivity index (χ0) is 21.8. The van der Waals surface area contributed by atoms with Crippen LogP contribution in [0.3, 0.4) is 0 Å². The minimum atomic E-state index is -0.445. The van der Waals surface area contributed by atoms with Gasteiger partial charge < -0.3 is 0 Å². The number of aryl methyl sites for hydroxylation is 2. The Morgan fingerprint density at radius 2 is 1.80 bits per heavy atom. The molecule has 1 aliphatic heterocycles. The quantitative estimate of drug-likeness (QED) is 0.516. The Morgan fingerprint density at radius 1 is 1.13 bits per heavy atom. The topological polar surface area (TPSA) is 60.1 Å². The van der Waals surface area contributed by atoms with Crippen molar-refractivity contribution in [1.29, 1.82) is 0 Å². The summed E-state index contributed by atoms with van der Waals surface area (Å²) in [6, 6.07) is 7.32. The summed E-state index contributed by atoms with van der Waals surface area (Å²) < 4.78 is 2.08. The molecule has 0 amide bonds. The number of aromatic nitrogens is 3. The molecule has 0 spiro atoms. The molecule has 3 aromatic rings. The molecule has 0 bridgehead atoms. The molecule has 0 saturated heterocycles. The van der Waals surface area contributed by atoms with Crippen LogP contribution >= 0.6 is 22.9 Å². The van der Waals surface area contributed by atoms with Gasteiger partial charge in [0.05, 0.1) is 5.71 Å². The zero-order valence-corrected chi connectivity index (χ0v) is 19.6. The number of carbonyl (C=O) groups excluding carboxylic acids is 1. The maximum Gasteiger partial charge on any atom is 0.163 e. The molecule has 0 unspecified atom stereocenters. The van der Waals surface area contributed by atoms with Crippen LogP contribution in [0.5, 0.6) is 0 Å². The van der Waals surface area contributed by atoms with Gasteiger partial charge in [-0.3, -0.25) is 14.4 Å². The lowest BCUT2D eigenvalue weighted by Gasteiger charge is -2.19. The van der Waals surface area contributed by atoms with Crippen LogP contribution in [0.15, 0.2) is 29.3 Å². The van der Waals surface area contributed by atoms with Crippen molar-refractivity contribution < 1.29 is 4.79 Å². The van der Waals surface area contributed by atoms with Gasteiger partial charge in [-0.15, -0.1) is 21.5 Å². The van der Waals surface area contributed by atoms with Crippen molar-refractivity contribution in [3.8, 4) is 5.00 Å². The fraction of sp³-hybridized carbons (Fsp3) is 0.391. The minimum Gasteiger partial charge on any atom is -0.299 e. The zero-order valence-electron chi connectivity index (χ0n) is 18.1. The number of hydrogen-bond donors (Lipinski definition) is 0. The molecule has 2 aromatic heterocycles. The average molecular weight is 441 g/mol. The lowest BCUT2D eigenvalue weighted by molar-refractivity contribution is -0.126. The van der Waals surface area contributed by atoms with E-state index in [9.17, 15) is 4.79 Å². The van der Waals surface area contributed by atoms with Gasteiger partial charge in [0.1, 0.15) is 22.7 Å². The Bertz CT molecular complexity index is 1170. The van der Waals surface area contributed by atoms with E-state index in [-0.39, 0.29) is 12.2 Å². The van der Waals surface area contributed by atoms with Gasteiger partial charge in [0, 0.05) is 32.9 Å². The van der Waals surface area contributed by atoms with Gasteiger partial charge in [-0.05, 0) is 38.5 Å². The maximum absolute atomic E-state index is 12.9. The van der Waals surface area contributed by atoms with Crippen molar-refractivity contribution in [1.82, 2.24) is 14.8 Å². The van der Waals surface area contributed by atoms with E-state index in [4.69, 9.17) is 16.6 Å². The van der Waals surface area contributed by atoms with E-state index in [1.807, 2.05) is 52.0 Å². The van der Waals surface area contributed by atoms with Crippen LogP contribution in [-0.2, 0) is 4.79 Å². The molecule has 1 aromatic carbocycles. The van der Waals surface area contributed by atoms with Crippen LogP contribution in [0.1, 0.15) is 66.5 Å². The standard InChI is InChI=1S/C23H25ClN4OS/c1-12-13(2)30-22-19(12)20(15-7-9-16(24)10-8-15)25-17(11-18(29)23(4,5)6)21-27-26-14(3)28(21)22/h7-10,17H,11H2,1-6H3/t17-/m0/s1. The van der Waals surface area contributed by atoms with E-state index in [1.54, 1.807) is 11.3 Å². The number of benzene rings is 1. The summed E-state index contributed by atoms with van der Waals surface area (Å²) in [7, 11) is 0. The smallest absolute Gasteiger partial charge is 0.163 e. The molecule has 0 radical (unpaired) electrons. The first-order chi connectivity index (χ1) is 14.1. The van der Waals surface area contributed by atoms with E-state index in [1.165, 1.54) is 10.4 Å². The molecular formula is C23H25ClN4OS. The summed E-state index contributed by atoms with van der Waals surface area (Å²) in [5.74, 6) is 1.67. The third-order valence-corrected chi connectivity index (χ3v) is 7.02. The first-order valence-corrected chi connectivity index (χ1v) is 11.2. The SMILES string of the molecule is Cc1sc2c(c1C)C(c1ccc(Cl)cc1)=N[C@@H](CC(=O)C(C)(C)C)c1nnc(C)n1-2. The molecule has 3 heterocycles. The molecule has 0 fully saturated rings. The Labute approximate surface area is 185 Å². The number of rotatable bonds is 3. The highest BCUT2D eigenvalue weighted by molar-refractivity contribution is 7.15. The van der Waals surface area contributed by atoms with Crippen LogP contribution in [0.2, 0.25) is 5.02 Å². The van der Waals surface area contributed by atoms with Gasteiger partial charge in [0.2, 0.25) is 0 Å². The van der Waals surface area contributed by atoms with Crippen LogP contribution < -0.4 is 0 Å². The predicted octanol–water partition coefficient (Wildman–Crippen LogP) is 5.80. The molecule has 5 nitrogen and oxygen atoms in total. The second kappa shape index (κ2) is 7.43. The summed E-state index contributed by atoms with van der Waals surface area (Å²) in [5, 5.41) is 10.5. The molecule has 4 rings (SSSR count). The summed E-state index contributed by atoms with van der Waals surface area (Å²) >= 11 is 7.85. The van der Waals surface area contributed by atoms with Crippen molar-refractivity contribution in [3.05, 3.63) is 62.5 Å². The van der Waals surface area contributed by atoms with E-state index in [0.29, 0.717) is 5.02 Å². The highest BCUT2D eigenvalue weighted by Crippen LogP contribution is 2.40. The van der Waals surface area contributed by atoms with Crippen molar-refractivity contribution >= 4 is 34.4 Å². The number of nitrogens with zero attached hydrogens (tertiary/aromatic N) is 4. The third-order valence-electron chi connectivity index (χ3n) is 5.57. The van der Waals surface area contributed by atoms with E-state index < -0.39 is 11.5 Å². The van der Waals surface area contributed by atoms with Crippen LogP contribution in [-0.4, -0.2) is 26.3 Å². The number of ketones is 1. The Balaban J connectivity index is 1.98. The van der Waals surface area contributed by atoms with Gasteiger partial charge in [0.25, 0.3) is 0 Å². The van der Waals surface area contributed by atoms with Crippen molar-refractivity contribution in [2.24, 2.45) is 10.4 Å². The number of carbonyl (C=O) groups is 1. The number of aliphatic imine (C=N–C) groups is 1. The molecule has 30 heavy (non-hydrogen) atoms. The minimum absolute atomic E-state index is 0.150. The van der Waals surface area contributed by atoms with Crippen LogP contribution in [0.25, 0.3) is 5.00 Å². The molecule has 1 aliphatic rings. The Kier molecular flexibility index (Phi) is 5.19. The molecule has 0 saturated carbocycles. The second-order valence-electron chi connectivity index (χ2n) is 8.78. The van der Waals surface area contributed by atoms with Gasteiger partial charge in [-0.25, -0.2) is 0 Å². The number of hydrogen-bond acceptors (Lipinski definition) is 5. The van der Waals surface area contributed by atoms with Crippen molar-refractivity contribution in [2.45, 2.75) is 54.0 Å². The van der Waals surface area contributed by atoms with Crippen molar-refractivity contribution in [2.75, 3.05) is 0 Å². The molecular weight excluding hydrogens is 416 g/mol. The monoisotopic (exact) mass is 440 g/mol. The lowest BCUT2D eigenvalue weighted by atomic mass is 9.87. The lowest BCUT2D eigenvalue weighted by Crippen LogP contribution is -2.23. The second-order valence-corrected chi connectivity index (χ2v) is 10.4. The largest absolute Gasteiger partial charge is 0.299 e. The maximum atomic E-state index is 12.9. The highest BCUT2D eigenvalue weighted by Gasteiger charge is 2.34. The predicted molar refractivity (Wildman–Crippen MR) is 122 cm³/mol. The third kappa shape index (κ3) is 3.52. The normalized spacial score (nSPS) is 16.0. The molecule has 156 valence electrons. The Hall–Kier alpha value is -2.31. The van der Waals surface area contributed by atoms with Gasteiger partial charge in [-0.1, -0.05) is 44.5 Å². The van der Waals surface area contributed by atoms with Crippen LogP contribution in [0, 0.1) is 26.2 Å². The molecule has 1 atom stereocenters. The van der Waals surface area contributed by atoms with Gasteiger partial charge >= 0.3 is 0 Å². The summed E-state index contributed by atoms with van der Waals surface area (Å²) in [6.45, 7) is 12.0. The Morgan fingerprint density at radius 3 is 2.43 bits per heavy atom. The number of halogens is 1. The molecule has 7 heteroatoms. The first kappa shape index (κ1) is 20.9. The van der Waals surface area contributed by atoms with Gasteiger partial charge in [-0.2, -0.15) is 0 Å². The fourth-order valence-corrected chi connectivity index (χ4v) is 4.95.